The summed E-state index contributed by atoms with van der Waals surface area (Å²) in [6, 6.07) is 12.6. The van der Waals surface area contributed by atoms with Gasteiger partial charge in [-0.15, -0.1) is 0 Å². The number of carbonyl (C=O) groups excluding carboxylic acids is 1. The second-order valence-corrected chi connectivity index (χ2v) is 6.58. The molecule has 0 aromatic heterocycles. The standard InChI is InChI=1S/C21H23NO6/c1-26-17-10-19(28-3)18(27-2)9-14(17)20(23)22-11-15(16(12-22)21(24)25)13-7-5-4-6-8-13/h4-10,15-16H,11-12H2,1-3H3,(H,24,25)/t15-,16-/m0/s1. The lowest BCUT2D eigenvalue weighted by atomic mass is 9.89. The Morgan fingerprint density at radius 2 is 1.54 bits per heavy atom. The van der Waals surface area contributed by atoms with Gasteiger partial charge in [-0.3, -0.25) is 9.59 Å². The molecule has 3 rings (SSSR count). The number of amides is 1. The largest absolute Gasteiger partial charge is 0.496 e. The highest BCUT2D eigenvalue weighted by Gasteiger charge is 2.41. The summed E-state index contributed by atoms with van der Waals surface area (Å²) >= 11 is 0. The summed E-state index contributed by atoms with van der Waals surface area (Å²) in [7, 11) is 4.45. The van der Waals surface area contributed by atoms with E-state index in [0.29, 0.717) is 29.4 Å². The van der Waals surface area contributed by atoms with E-state index in [1.807, 2.05) is 30.3 Å². The molecule has 1 aliphatic heterocycles. The maximum atomic E-state index is 13.2. The van der Waals surface area contributed by atoms with E-state index in [4.69, 9.17) is 14.2 Å². The minimum atomic E-state index is -0.913. The van der Waals surface area contributed by atoms with Crippen molar-refractivity contribution in [2.24, 2.45) is 5.92 Å². The number of carboxylic acid groups (broad SMARTS) is 1. The lowest BCUT2D eigenvalue weighted by Gasteiger charge is -2.19. The molecule has 0 aliphatic carbocycles. The first-order valence-electron chi connectivity index (χ1n) is 8.87. The van der Waals surface area contributed by atoms with Crippen LogP contribution >= 0.6 is 0 Å². The number of likely N-dealkylation sites (tertiary alicyclic amines) is 1. The Hall–Kier alpha value is -3.22. The zero-order valence-electron chi connectivity index (χ0n) is 16.0. The van der Waals surface area contributed by atoms with E-state index < -0.39 is 11.9 Å². The minimum Gasteiger partial charge on any atom is -0.496 e. The maximum Gasteiger partial charge on any atom is 0.308 e. The number of carboxylic acids is 1. The van der Waals surface area contributed by atoms with Gasteiger partial charge in [0.15, 0.2) is 11.5 Å². The molecule has 2 aromatic carbocycles. The van der Waals surface area contributed by atoms with Gasteiger partial charge in [0.2, 0.25) is 0 Å². The van der Waals surface area contributed by atoms with Crippen molar-refractivity contribution in [1.29, 1.82) is 0 Å². The minimum absolute atomic E-state index is 0.130. The number of benzene rings is 2. The van der Waals surface area contributed by atoms with Crippen molar-refractivity contribution in [2.45, 2.75) is 5.92 Å². The lowest BCUT2D eigenvalue weighted by molar-refractivity contribution is -0.141. The third kappa shape index (κ3) is 3.60. The Kier molecular flexibility index (Phi) is 5.73. The fourth-order valence-corrected chi connectivity index (χ4v) is 3.62. The monoisotopic (exact) mass is 385 g/mol. The molecule has 7 nitrogen and oxygen atoms in total. The van der Waals surface area contributed by atoms with Gasteiger partial charge >= 0.3 is 5.97 Å². The van der Waals surface area contributed by atoms with E-state index in [0.717, 1.165) is 5.56 Å². The first kappa shape index (κ1) is 19.5. The number of rotatable bonds is 6. The molecule has 7 heteroatoms. The molecular weight excluding hydrogens is 362 g/mol. The van der Waals surface area contributed by atoms with Gasteiger partial charge in [-0.05, 0) is 5.56 Å². The van der Waals surface area contributed by atoms with Gasteiger partial charge in [-0.25, -0.2) is 0 Å². The molecular formula is C21H23NO6. The molecule has 1 fully saturated rings. The van der Waals surface area contributed by atoms with Crippen LogP contribution in [-0.2, 0) is 4.79 Å². The average Bonchev–Trinajstić information content (AvgIpc) is 3.18. The van der Waals surface area contributed by atoms with Crippen LogP contribution in [0.4, 0.5) is 0 Å². The number of carbonyl (C=O) groups is 2. The molecule has 0 radical (unpaired) electrons. The molecule has 2 aromatic rings. The van der Waals surface area contributed by atoms with Crippen LogP contribution in [0.25, 0.3) is 0 Å². The molecule has 0 unspecified atom stereocenters. The van der Waals surface area contributed by atoms with Crippen LogP contribution in [0.2, 0.25) is 0 Å². The van der Waals surface area contributed by atoms with Crippen LogP contribution in [0.1, 0.15) is 21.8 Å². The second kappa shape index (κ2) is 8.21. The van der Waals surface area contributed by atoms with Gasteiger partial charge in [-0.1, -0.05) is 30.3 Å². The van der Waals surface area contributed by atoms with Crippen LogP contribution in [0, 0.1) is 5.92 Å². The fourth-order valence-electron chi connectivity index (χ4n) is 3.62. The molecule has 0 bridgehead atoms. The summed E-state index contributed by atoms with van der Waals surface area (Å²) in [6.07, 6.45) is 0. The number of hydrogen-bond donors (Lipinski definition) is 1. The molecule has 148 valence electrons. The molecule has 0 spiro atoms. The number of methoxy groups -OCH3 is 3. The summed E-state index contributed by atoms with van der Waals surface area (Å²) in [5.41, 5.74) is 1.21. The van der Waals surface area contributed by atoms with Crippen molar-refractivity contribution in [3.63, 3.8) is 0 Å². The first-order chi connectivity index (χ1) is 13.5. The van der Waals surface area contributed by atoms with Crippen LogP contribution in [0.3, 0.4) is 0 Å². The predicted octanol–water partition coefficient (Wildman–Crippen LogP) is 2.65. The molecule has 1 aliphatic rings. The Morgan fingerprint density at radius 3 is 2.11 bits per heavy atom. The molecule has 1 saturated heterocycles. The molecule has 28 heavy (non-hydrogen) atoms. The third-order valence-corrected chi connectivity index (χ3v) is 5.09. The van der Waals surface area contributed by atoms with Gasteiger partial charge in [0.25, 0.3) is 5.91 Å². The Morgan fingerprint density at radius 1 is 0.929 bits per heavy atom. The van der Waals surface area contributed by atoms with Crippen molar-refractivity contribution in [3.8, 4) is 17.2 Å². The first-order valence-corrected chi connectivity index (χ1v) is 8.87. The summed E-state index contributed by atoms with van der Waals surface area (Å²) < 4.78 is 15.9. The smallest absolute Gasteiger partial charge is 0.308 e. The number of aliphatic carboxylic acids is 1. The van der Waals surface area contributed by atoms with Gasteiger partial charge in [0, 0.05) is 31.1 Å². The van der Waals surface area contributed by atoms with E-state index in [-0.39, 0.29) is 18.4 Å². The Bertz CT molecular complexity index is 867. The van der Waals surface area contributed by atoms with E-state index in [9.17, 15) is 14.7 Å². The zero-order chi connectivity index (χ0) is 20.3. The van der Waals surface area contributed by atoms with Crippen LogP contribution in [0.15, 0.2) is 42.5 Å². The van der Waals surface area contributed by atoms with E-state index >= 15 is 0 Å². The molecule has 2 atom stereocenters. The molecule has 1 heterocycles. The van der Waals surface area contributed by atoms with Gasteiger partial charge in [0.1, 0.15) is 5.75 Å². The lowest BCUT2D eigenvalue weighted by Crippen LogP contribution is -2.30. The van der Waals surface area contributed by atoms with Crippen molar-refractivity contribution in [1.82, 2.24) is 4.90 Å². The van der Waals surface area contributed by atoms with Gasteiger partial charge in [0.05, 0.1) is 32.8 Å². The maximum absolute atomic E-state index is 13.2. The van der Waals surface area contributed by atoms with Crippen LogP contribution in [0.5, 0.6) is 17.2 Å². The number of nitrogens with zero attached hydrogens (tertiary/aromatic N) is 1. The third-order valence-electron chi connectivity index (χ3n) is 5.09. The van der Waals surface area contributed by atoms with Gasteiger partial charge in [-0.2, -0.15) is 0 Å². The summed E-state index contributed by atoms with van der Waals surface area (Å²) in [5, 5.41) is 9.67. The van der Waals surface area contributed by atoms with E-state index in [2.05, 4.69) is 0 Å². The summed E-state index contributed by atoms with van der Waals surface area (Å²) in [6.45, 7) is 0.447. The molecule has 1 amide bonds. The highest BCUT2D eigenvalue weighted by Crippen LogP contribution is 2.38. The number of ether oxygens (including phenoxy) is 3. The van der Waals surface area contributed by atoms with Crippen LogP contribution < -0.4 is 14.2 Å². The second-order valence-electron chi connectivity index (χ2n) is 6.58. The highest BCUT2D eigenvalue weighted by molar-refractivity contribution is 5.98. The molecule has 1 N–H and O–H groups in total. The van der Waals surface area contributed by atoms with Crippen LogP contribution in [-0.4, -0.2) is 56.3 Å². The normalized spacial score (nSPS) is 18.6. The van der Waals surface area contributed by atoms with Crippen molar-refractivity contribution in [3.05, 3.63) is 53.6 Å². The van der Waals surface area contributed by atoms with Crippen molar-refractivity contribution in [2.75, 3.05) is 34.4 Å². The molecule has 0 saturated carbocycles. The SMILES string of the molecule is COc1cc(OC)c(C(=O)N2C[C@H](C(=O)O)[C@H](c3ccccc3)C2)cc1OC. The topological polar surface area (TPSA) is 85.3 Å². The fraction of sp³-hybridized carbons (Fsp3) is 0.333. The summed E-state index contributed by atoms with van der Waals surface area (Å²) in [4.78, 5) is 26.5. The Labute approximate surface area is 163 Å². The Balaban J connectivity index is 1.94. The zero-order valence-corrected chi connectivity index (χ0v) is 16.0. The van der Waals surface area contributed by atoms with E-state index in [1.54, 1.807) is 17.0 Å². The van der Waals surface area contributed by atoms with Gasteiger partial charge < -0.3 is 24.2 Å². The van der Waals surface area contributed by atoms with Crippen molar-refractivity contribution < 1.29 is 28.9 Å². The van der Waals surface area contributed by atoms with E-state index in [1.165, 1.54) is 21.3 Å². The van der Waals surface area contributed by atoms with Crippen molar-refractivity contribution >= 4 is 11.9 Å². The average molecular weight is 385 g/mol. The quantitative estimate of drug-likeness (QED) is 0.823. The predicted molar refractivity (Wildman–Crippen MR) is 102 cm³/mol. The summed E-state index contributed by atoms with van der Waals surface area (Å²) in [5.74, 6) is -0.960. The number of hydrogen-bond acceptors (Lipinski definition) is 5. The highest BCUT2D eigenvalue weighted by atomic mass is 16.5.